The molecule has 1 unspecified atom stereocenters. The molecule has 0 aliphatic rings. The first kappa shape index (κ1) is 28.9. The van der Waals surface area contributed by atoms with E-state index in [1.165, 1.54) is 83.5 Å². The summed E-state index contributed by atoms with van der Waals surface area (Å²) in [5.74, 6) is 0. The molecule has 0 spiro atoms. The predicted molar refractivity (Wildman–Crippen MR) is 133 cm³/mol. The van der Waals surface area contributed by atoms with Crippen molar-refractivity contribution in [1.82, 2.24) is 0 Å². The number of rotatable bonds is 19. The van der Waals surface area contributed by atoms with Crippen LogP contribution in [0.4, 0.5) is 0 Å². The van der Waals surface area contributed by atoms with Crippen LogP contribution in [0.25, 0.3) is 0 Å². The third-order valence-corrected chi connectivity index (χ3v) is 11.3. The van der Waals surface area contributed by atoms with Gasteiger partial charge < -0.3 is 9.53 Å². The molecule has 0 saturated heterocycles. The summed E-state index contributed by atoms with van der Waals surface area (Å²) in [6.07, 6.45) is 21.3. The van der Waals surface area contributed by atoms with E-state index >= 15 is 0 Å². The highest BCUT2D eigenvalue weighted by molar-refractivity contribution is 6.74. The Labute approximate surface area is 185 Å². The van der Waals surface area contributed by atoms with Crippen LogP contribution in [-0.2, 0) is 4.43 Å². The van der Waals surface area contributed by atoms with E-state index in [0.29, 0.717) is 5.04 Å². The van der Waals surface area contributed by atoms with Gasteiger partial charge in [-0.1, -0.05) is 110 Å². The first-order valence-corrected chi connectivity index (χ1v) is 15.4. The minimum atomic E-state index is -1.53. The van der Waals surface area contributed by atoms with E-state index < -0.39 is 13.9 Å². The molecule has 0 radical (unpaired) electrons. The molecule has 2 nitrogen and oxygen atoms in total. The minimum absolute atomic E-state index is 0.334. The van der Waals surface area contributed by atoms with Crippen LogP contribution >= 0.6 is 0 Å². The van der Waals surface area contributed by atoms with Crippen molar-refractivity contribution < 1.29 is 9.53 Å². The SMILES string of the molecule is C=CC(C)(O)CCCCCCCCCCCCCCCCO[Si](C)(C)C(C)(C)C. The Morgan fingerprint density at radius 1 is 0.690 bits per heavy atom. The van der Waals surface area contributed by atoms with Crippen LogP contribution in [0.15, 0.2) is 12.7 Å². The Kier molecular flexibility index (Phi) is 15.6. The van der Waals surface area contributed by atoms with Crippen molar-refractivity contribution in [1.29, 1.82) is 0 Å². The topological polar surface area (TPSA) is 29.5 Å². The van der Waals surface area contributed by atoms with Crippen LogP contribution in [-0.4, -0.2) is 25.6 Å². The van der Waals surface area contributed by atoms with Crippen LogP contribution in [0, 0.1) is 0 Å². The monoisotopic (exact) mass is 426 g/mol. The second kappa shape index (κ2) is 15.6. The highest BCUT2D eigenvalue weighted by Crippen LogP contribution is 2.36. The molecule has 0 heterocycles. The fraction of sp³-hybridized carbons (Fsp3) is 0.923. The molecular weight excluding hydrogens is 372 g/mol. The summed E-state index contributed by atoms with van der Waals surface area (Å²) in [6.45, 7) is 18.1. The summed E-state index contributed by atoms with van der Waals surface area (Å²) in [5.41, 5.74) is -0.668. The predicted octanol–water partition coefficient (Wildman–Crippen LogP) is 8.80. The standard InChI is InChI=1S/C26H54O2Si/c1-8-26(5,27)23-21-19-17-15-13-11-9-10-12-14-16-18-20-22-24-28-29(6,7)25(2,3)4/h8,27H,1,9-24H2,2-7H3. The van der Waals surface area contributed by atoms with Gasteiger partial charge in [0.2, 0.25) is 0 Å². The van der Waals surface area contributed by atoms with E-state index in [2.05, 4.69) is 40.4 Å². The Bertz CT molecular complexity index is 396. The van der Waals surface area contributed by atoms with Crippen molar-refractivity contribution in [3.63, 3.8) is 0 Å². The van der Waals surface area contributed by atoms with Crippen molar-refractivity contribution in [2.24, 2.45) is 0 Å². The minimum Gasteiger partial charge on any atom is -0.417 e. The summed E-state index contributed by atoms with van der Waals surface area (Å²) in [7, 11) is -1.53. The Hall–Kier alpha value is -0.123. The molecule has 29 heavy (non-hydrogen) atoms. The normalized spacial score (nSPS) is 14.7. The van der Waals surface area contributed by atoms with Crippen LogP contribution in [0.3, 0.4) is 0 Å². The van der Waals surface area contributed by atoms with Crippen LogP contribution in [0.1, 0.15) is 124 Å². The molecule has 0 amide bonds. The zero-order valence-electron chi connectivity index (χ0n) is 21.0. The van der Waals surface area contributed by atoms with Gasteiger partial charge in [-0.2, -0.15) is 0 Å². The van der Waals surface area contributed by atoms with Gasteiger partial charge in [-0.3, -0.25) is 0 Å². The molecule has 0 rings (SSSR count). The lowest BCUT2D eigenvalue weighted by atomic mass is 9.97. The lowest BCUT2D eigenvalue weighted by Crippen LogP contribution is -2.40. The zero-order valence-corrected chi connectivity index (χ0v) is 22.0. The number of hydrogen-bond donors (Lipinski definition) is 1. The third kappa shape index (κ3) is 16.3. The van der Waals surface area contributed by atoms with Gasteiger partial charge in [-0.15, -0.1) is 6.58 Å². The number of aliphatic hydroxyl groups is 1. The van der Waals surface area contributed by atoms with E-state index in [1.54, 1.807) is 6.08 Å². The van der Waals surface area contributed by atoms with Crippen molar-refractivity contribution in [3.05, 3.63) is 12.7 Å². The molecule has 0 aromatic rings. The van der Waals surface area contributed by atoms with Gasteiger partial charge in [0, 0.05) is 6.61 Å². The maximum Gasteiger partial charge on any atom is 0.191 e. The molecule has 174 valence electrons. The molecule has 1 atom stereocenters. The molecule has 0 aliphatic carbocycles. The van der Waals surface area contributed by atoms with Crippen molar-refractivity contribution in [2.45, 2.75) is 148 Å². The number of unbranched alkanes of at least 4 members (excludes halogenated alkanes) is 13. The van der Waals surface area contributed by atoms with E-state index in [9.17, 15) is 5.11 Å². The zero-order chi connectivity index (χ0) is 22.2. The average molecular weight is 427 g/mol. The fourth-order valence-corrected chi connectivity index (χ4v) is 4.44. The van der Waals surface area contributed by atoms with E-state index in [4.69, 9.17) is 4.43 Å². The number of hydrogen-bond acceptors (Lipinski definition) is 2. The summed E-state index contributed by atoms with van der Waals surface area (Å²) >= 11 is 0. The van der Waals surface area contributed by atoms with Crippen LogP contribution < -0.4 is 0 Å². The molecule has 3 heteroatoms. The van der Waals surface area contributed by atoms with E-state index in [0.717, 1.165) is 19.4 Å². The highest BCUT2D eigenvalue weighted by atomic mass is 28.4. The quantitative estimate of drug-likeness (QED) is 0.127. The lowest BCUT2D eigenvalue weighted by molar-refractivity contribution is 0.0988. The molecule has 0 bridgehead atoms. The third-order valence-electron chi connectivity index (χ3n) is 6.79. The average Bonchev–Trinajstić information content (AvgIpc) is 2.63. The van der Waals surface area contributed by atoms with Gasteiger partial charge >= 0.3 is 0 Å². The summed E-state index contributed by atoms with van der Waals surface area (Å²) in [5, 5.41) is 10.2. The molecule has 0 aromatic carbocycles. The van der Waals surface area contributed by atoms with Crippen molar-refractivity contribution in [3.8, 4) is 0 Å². The van der Waals surface area contributed by atoms with Gasteiger partial charge in [0.1, 0.15) is 0 Å². The maximum absolute atomic E-state index is 9.87. The second-order valence-electron chi connectivity index (χ2n) is 10.9. The van der Waals surface area contributed by atoms with Gasteiger partial charge in [-0.05, 0) is 37.9 Å². The molecule has 0 aliphatic heterocycles. The maximum atomic E-state index is 9.87. The van der Waals surface area contributed by atoms with Crippen LogP contribution in [0.5, 0.6) is 0 Å². The fourth-order valence-electron chi connectivity index (χ4n) is 3.35. The molecule has 0 aromatic heterocycles. The molecular formula is C26H54O2Si. The van der Waals surface area contributed by atoms with Gasteiger partial charge in [0.15, 0.2) is 8.32 Å². The summed E-state index contributed by atoms with van der Waals surface area (Å²) in [4.78, 5) is 0. The lowest BCUT2D eigenvalue weighted by Gasteiger charge is -2.36. The highest BCUT2D eigenvalue weighted by Gasteiger charge is 2.36. The molecule has 0 fully saturated rings. The Morgan fingerprint density at radius 3 is 1.38 bits per heavy atom. The Balaban J connectivity index is 3.28. The smallest absolute Gasteiger partial charge is 0.191 e. The van der Waals surface area contributed by atoms with Crippen LogP contribution in [0.2, 0.25) is 18.1 Å². The Morgan fingerprint density at radius 2 is 1.03 bits per heavy atom. The van der Waals surface area contributed by atoms with E-state index in [-0.39, 0.29) is 0 Å². The van der Waals surface area contributed by atoms with Crippen molar-refractivity contribution in [2.75, 3.05) is 6.61 Å². The van der Waals surface area contributed by atoms with E-state index in [1.807, 2.05) is 6.92 Å². The molecule has 0 saturated carbocycles. The van der Waals surface area contributed by atoms with Gasteiger partial charge in [0.05, 0.1) is 5.60 Å². The van der Waals surface area contributed by atoms with Gasteiger partial charge in [-0.25, -0.2) is 0 Å². The second-order valence-corrected chi connectivity index (χ2v) is 15.7. The van der Waals surface area contributed by atoms with Gasteiger partial charge in [0.25, 0.3) is 0 Å². The van der Waals surface area contributed by atoms with Crippen molar-refractivity contribution >= 4 is 8.32 Å². The first-order valence-electron chi connectivity index (χ1n) is 12.5. The summed E-state index contributed by atoms with van der Waals surface area (Å²) in [6, 6.07) is 0. The first-order chi connectivity index (χ1) is 13.5. The summed E-state index contributed by atoms with van der Waals surface area (Å²) < 4.78 is 6.25. The largest absolute Gasteiger partial charge is 0.417 e. The molecule has 1 N–H and O–H groups in total.